The van der Waals surface area contributed by atoms with E-state index in [-0.39, 0.29) is 11.3 Å². The highest BCUT2D eigenvalue weighted by Gasteiger charge is 2.30. The molecule has 1 rings (SSSR count). The third-order valence-corrected chi connectivity index (χ3v) is 2.45. The Bertz CT molecular complexity index is 461. The van der Waals surface area contributed by atoms with E-state index in [0.717, 1.165) is 0 Å². The largest absolute Gasteiger partial charge is 0.495 e. The van der Waals surface area contributed by atoms with Gasteiger partial charge in [-0.25, -0.2) is 0 Å². The third kappa shape index (κ3) is 4.35. The minimum Gasteiger partial charge on any atom is -0.495 e. The Balaban J connectivity index is 2.79. The van der Waals surface area contributed by atoms with E-state index < -0.39 is 24.5 Å². The molecule has 0 saturated heterocycles. The van der Waals surface area contributed by atoms with Crippen molar-refractivity contribution in [1.29, 1.82) is 0 Å². The zero-order valence-electron chi connectivity index (χ0n) is 10.5. The quantitative estimate of drug-likeness (QED) is 0.830. The van der Waals surface area contributed by atoms with Gasteiger partial charge in [-0.2, -0.15) is 13.2 Å². The molecule has 7 heteroatoms. The summed E-state index contributed by atoms with van der Waals surface area (Å²) in [6.07, 6.45) is -5.42. The maximum absolute atomic E-state index is 12.2. The first kappa shape index (κ1) is 15.1. The molecular formula is C12H15F3N2O2. The van der Waals surface area contributed by atoms with Gasteiger partial charge in [-0.3, -0.25) is 4.79 Å². The second-order valence-corrected chi connectivity index (χ2v) is 4.12. The van der Waals surface area contributed by atoms with Gasteiger partial charge in [-0.05, 0) is 19.1 Å². The van der Waals surface area contributed by atoms with Crippen molar-refractivity contribution in [1.82, 2.24) is 5.32 Å². The first-order valence-corrected chi connectivity index (χ1v) is 5.54. The Kier molecular flexibility index (Phi) is 4.63. The Morgan fingerprint density at radius 1 is 1.47 bits per heavy atom. The minimum atomic E-state index is -4.33. The highest BCUT2D eigenvalue weighted by Crippen LogP contribution is 2.25. The Morgan fingerprint density at radius 3 is 2.63 bits per heavy atom. The van der Waals surface area contributed by atoms with Crippen molar-refractivity contribution in [2.45, 2.75) is 25.6 Å². The molecule has 106 valence electrons. The lowest BCUT2D eigenvalue weighted by Crippen LogP contribution is -2.36. The van der Waals surface area contributed by atoms with Gasteiger partial charge in [0.25, 0.3) is 5.91 Å². The molecule has 0 spiro atoms. The summed E-state index contributed by atoms with van der Waals surface area (Å²) in [5, 5.41) is 2.25. The normalized spacial score (nSPS) is 12.9. The number of ether oxygens (including phenoxy) is 1. The number of hydrogen-bond donors (Lipinski definition) is 2. The predicted molar refractivity (Wildman–Crippen MR) is 65.0 cm³/mol. The van der Waals surface area contributed by atoms with E-state index in [4.69, 9.17) is 10.5 Å². The van der Waals surface area contributed by atoms with Gasteiger partial charge in [0.05, 0.1) is 24.8 Å². The van der Waals surface area contributed by atoms with E-state index in [0.29, 0.717) is 5.75 Å². The maximum Gasteiger partial charge on any atom is 0.391 e. The molecule has 0 aliphatic rings. The smallest absolute Gasteiger partial charge is 0.391 e. The summed E-state index contributed by atoms with van der Waals surface area (Å²) in [7, 11) is 1.39. The average Bonchev–Trinajstić information content (AvgIpc) is 2.26. The van der Waals surface area contributed by atoms with E-state index in [1.165, 1.54) is 20.1 Å². The minimum absolute atomic E-state index is 0.0911. The van der Waals surface area contributed by atoms with E-state index in [1.807, 2.05) is 0 Å². The van der Waals surface area contributed by atoms with Gasteiger partial charge in [-0.1, -0.05) is 6.07 Å². The molecule has 0 fully saturated rings. The molecule has 1 aromatic carbocycles. The lowest BCUT2D eigenvalue weighted by Gasteiger charge is -2.17. The van der Waals surface area contributed by atoms with Gasteiger partial charge in [0, 0.05) is 6.04 Å². The van der Waals surface area contributed by atoms with Gasteiger partial charge < -0.3 is 15.8 Å². The van der Waals surface area contributed by atoms with Crippen molar-refractivity contribution in [2.24, 2.45) is 0 Å². The maximum atomic E-state index is 12.2. The number of benzene rings is 1. The van der Waals surface area contributed by atoms with Gasteiger partial charge >= 0.3 is 6.18 Å². The van der Waals surface area contributed by atoms with Gasteiger partial charge in [0.1, 0.15) is 5.75 Å². The molecule has 0 saturated carbocycles. The Morgan fingerprint density at radius 2 is 2.11 bits per heavy atom. The van der Waals surface area contributed by atoms with Gasteiger partial charge in [0.15, 0.2) is 0 Å². The number of alkyl halides is 3. The number of carbonyl (C=O) groups excluding carboxylic acids is 1. The zero-order valence-corrected chi connectivity index (χ0v) is 10.5. The lowest BCUT2D eigenvalue weighted by molar-refractivity contribution is -0.138. The van der Waals surface area contributed by atoms with E-state index in [2.05, 4.69) is 5.32 Å². The van der Waals surface area contributed by atoms with Gasteiger partial charge in [0.2, 0.25) is 0 Å². The fraction of sp³-hybridized carbons (Fsp3) is 0.417. The molecule has 0 heterocycles. The van der Waals surface area contributed by atoms with E-state index >= 15 is 0 Å². The van der Waals surface area contributed by atoms with Crippen molar-refractivity contribution in [3.63, 3.8) is 0 Å². The van der Waals surface area contributed by atoms with Crippen LogP contribution in [0.5, 0.6) is 5.75 Å². The molecule has 0 aliphatic carbocycles. The highest BCUT2D eigenvalue weighted by molar-refractivity contribution is 6.00. The summed E-state index contributed by atoms with van der Waals surface area (Å²) in [5.74, 6) is -0.357. The molecule has 3 N–H and O–H groups in total. The summed E-state index contributed by atoms with van der Waals surface area (Å²) in [6, 6.07) is 3.50. The third-order valence-electron chi connectivity index (χ3n) is 2.45. The van der Waals surface area contributed by atoms with Crippen LogP contribution in [-0.4, -0.2) is 25.2 Å². The van der Waals surface area contributed by atoms with Crippen molar-refractivity contribution in [3.05, 3.63) is 23.8 Å². The fourth-order valence-electron chi connectivity index (χ4n) is 1.62. The lowest BCUT2D eigenvalue weighted by atomic mass is 10.1. The number of carbonyl (C=O) groups is 1. The zero-order chi connectivity index (χ0) is 14.6. The van der Waals surface area contributed by atoms with Crippen LogP contribution in [0.1, 0.15) is 23.7 Å². The second kappa shape index (κ2) is 5.81. The number of nitrogen functional groups attached to an aromatic ring is 1. The number of methoxy groups -OCH3 is 1. The molecule has 0 aromatic heterocycles. The number of rotatable bonds is 4. The Hall–Kier alpha value is -1.92. The first-order valence-electron chi connectivity index (χ1n) is 5.54. The monoisotopic (exact) mass is 276 g/mol. The number of nitrogens with two attached hydrogens (primary N) is 1. The molecule has 1 unspecified atom stereocenters. The van der Waals surface area contributed by atoms with Crippen molar-refractivity contribution >= 4 is 11.6 Å². The van der Waals surface area contributed by atoms with Crippen LogP contribution in [0.4, 0.5) is 18.9 Å². The number of anilines is 1. The van der Waals surface area contributed by atoms with Gasteiger partial charge in [-0.15, -0.1) is 0 Å². The summed E-state index contributed by atoms with van der Waals surface area (Å²) < 4.78 is 41.4. The molecule has 0 bridgehead atoms. The molecule has 0 aliphatic heterocycles. The van der Waals surface area contributed by atoms with Crippen LogP contribution in [0.15, 0.2) is 18.2 Å². The number of halogens is 3. The van der Waals surface area contributed by atoms with Crippen LogP contribution < -0.4 is 15.8 Å². The summed E-state index contributed by atoms with van der Waals surface area (Å²) >= 11 is 0. The molecular weight excluding hydrogens is 261 g/mol. The van der Waals surface area contributed by atoms with Crippen LogP contribution in [-0.2, 0) is 0 Å². The topological polar surface area (TPSA) is 64.3 Å². The van der Waals surface area contributed by atoms with Crippen molar-refractivity contribution in [3.8, 4) is 5.75 Å². The van der Waals surface area contributed by atoms with Crippen LogP contribution in [0.3, 0.4) is 0 Å². The van der Waals surface area contributed by atoms with E-state index in [9.17, 15) is 18.0 Å². The van der Waals surface area contributed by atoms with Crippen LogP contribution >= 0.6 is 0 Å². The molecule has 1 atom stereocenters. The van der Waals surface area contributed by atoms with Crippen molar-refractivity contribution < 1.29 is 22.7 Å². The summed E-state index contributed by atoms with van der Waals surface area (Å²) in [6.45, 7) is 1.28. The highest BCUT2D eigenvalue weighted by atomic mass is 19.4. The fourth-order valence-corrected chi connectivity index (χ4v) is 1.62. The Labute approximate surface area is 108 Å². The second-order valence-electron chi connectivity index (χ2n) is 4.12. The number of nitrogens with one attached hydrogen (secondary N) is 1. The standard InChI is InChI=1S/C12H15F3N2O2/c1-7(6-12(13,14)15)17-11(18)8-4-3-5-9(19-2)10(8)16/h3-5,7H,6,16H2,1-2H3,(H,17,18). The predicted octanol–water partition coefficient (Wildman–Crippen LogP) is 2.35. The summed E-state index contributed by atoms with van der Waals surface area (Å²) in [5.41, 5.74) is 5.88. The molecule has 19 heavy (non-hydrogen) atoms. The van der Waals surface area contributed by atoms with Crippen LogP contribution in [0.25, 0.3) is 0 Å². The molecule has 0 radical (unpaired) electrons. The number of para-hydroxylation sites is 1. The van der Waals surface area contributed by atoms with Crippen molar-refractivity contribution in [2.75, 3.05) is 12.8 Å². The SMILES string of the molecule is COc1cccc(C(=O)NC(C)CC(F)(F)F)c1N. The molecule has 1 aromatic rings. The van der Waals surface area contributed by atoms with E-state index in [1.54, 1.807) is 12.1 Å². The number of amides is 1. The van der Waals surface area contributed by atoms with Crippen LogP contribution in [0.2, 0.25) is 0 Å². The average molecular weight is 276 g/mol. The van der Waals surface area contributed by atoms with Crippen LogP contribution in [0, 0.1) is 0 Å². The molecule has 4 nitrogen and oxygen atoms in total. The number of hydrogen-bond acceptors (Lipinski definition) is 3. The molecule has 1 amide bonds. The summed E-state index contributed by atoms with van der Waals surface area (Å²) in [4.78, 5) is 11.8. The first-order chi connectivity index (χ1) is 8.74.